The van der Waals surface area contributed by atoms with E-state index in [1.807, 2.05) is 6.92 Å². The van der Waals surface area contributed by atoms with Gasteiger partial charge in [0, 0.05) is 19.1 Å². The average Bonchev–Trinajstić information content (AvgIpc) is 2.01. The van der Waals surface area contributed by atoms with E-state index in [2.05, 4.69) is 17.6 Å². The zero-order chi connectivity index (χ0) is 10.4. The van der Waals surface area contributed by atoms with Gasteiger partial charge in [0.15, 0.2) is 0 Å². The van der Waals surface area contributed by atoms with E-state index < -0.39 is 0 Å². The minimum Gasteiger partial charge on any atom is -0.366 e. The number of amides is 1. The Bertz CT molecular complexity index is 181. The molecule has 1 rings (SSSR count). The second kappa shape index (κ2) is 5.98. The molecule has 0 aliphatic carbocycles. The Morgan fingerprint density at radius 2 is 2.36 bits per heavy atom. The molecule has 82 valence electrons. The van der Waals surface area contributed by atoms with Crippen molar-refractivity contribution >= 4 is 5.91 Å². The summed E-state index contributed by atoms with van der Waals surface area (Å²) in [6, 6.07) is 0.260. The molecule has 1 saturated heterocycles. The minimum atomic E-state index is -0.00199. The van der Waals surface area contributed by atoms with Crippen molar-refractivity contribution in [3.8, 4) is 0 Å². The zero-order valence-corrected chi connectivity index (χ0v) is 9.01. The molecule has 1 aliphatic heterocycles. The van der Waals surface area contributed by atoms with Gasteiger partial charge in [0.1, 0.15) is 6.61 Å². The van der Waals surface area contributed by atoms with Crippen molar-refractivity contribution in [3.63, 3.8) is 0 Å². The van der Waals surface area contributed by atoms with E-state index in [9.17, 15) is 4.79 Å². The molecule has 1 heterocycles. The van der Waals surface area contributed by atoms with Crippen LogP contribution in [0.4, 0.5) is 0 Å². The number of nitrogens with one attached hydrogen (secondary N) is 2. The smallest absolute Gasteiger partial charge is 0.246 e. The van der Waals surface area contributed by atoms with E-state index in [-0.39, 0.29) is 24.7 Å². The fourth-order valence-corrected chi connectivity index (χ4v) is 1.40. The van der Waals surface area contributed by atoms with Gasteiger partial charge in [0.25, 0.3) is 0 Å². The summed E-state index contributed by atoms with van der Waals surface area (Å²) in [5, 5.41) is 5.99. The molecule has 4 nitrogen and oxygen atoms in total. The van der Waals surface area contributed by atoms with Crippen LogP contribution in [0.25, 0.3) is 0 Å². The van der Waals surface area contributed by atoms with Crippen molar-refractivity contribution in [2.75, 3.05) is 19.7 Å². The molecule has 1 unspecified atom stereocenters. The Kier molecular flexibility index (Phi) is 4.90. The topological polar surface area (TPSA) is 50.4 Å². The van der Waals surface area contributed by atoms with Crippen LogP contribution >= 0.6 is 0 Å². The maximum absolute atomic E-state index is 11.3. The first-order chi connectivity index (χ1) is 6.72. The molecule has 0 aromatic carbocycles. The predicted octanol–water partition coefficient (Wildman–Crippen LogP) is 0.280. The van der Waals surface area contributed by atoms with Crippen molar-refractivity contribution in [1.29, 1.82) is 0 Å². The maximum atomic E-state index is 11.3. The third kappa shape index (κ3) is 4.07. The van der Waals surface area contributed by atoms with Gasteiger partial charge in [-0.05, 0) is 13.3 Å². The summed E-state index contributed by atoms with van der Waals surface area (Å²) >= 11 is 0. The van der Waals surface area contributed by atoms with Crippen molar-refractivity contribution < 1.29 is 9.53 Å². The number of carbonyl (C=O) groups is 1. The van der Waals surface area contributed by atoms with Crippen molar-refractivity contribution in [3.05, 3.63) is 0 Å². The Balaban J connectivity index is 2.02. The van der Waals surface area contributed by atoms with Gasteiger partial charge in [-0.2, -0.15) is 0 Å². The van der Waals surface area contributed by atoms with Crippen LogP contribution in [-0.4, -0.2) is 37.7 Å². The summed E-state index contributed by atoms with van der Waals surface area (Å²) in [4.78, 5) is 11.3. The van der Waals surface area contributed by atoms with E-state index in [1.54, 1.807) is 0 Å². The molecule has 2 N–H and O–H groups in total. The van der Waals surface area contributed by atoms with Gasteiger partial charge in [-0.15, -0.1) is 0 Å². The van der Waals surface area contributed by atoms with Crippen LogP contribution in [-0.2, 0) is 9.53 Å². The van der Waals surface area contributed by atoms with Gasteiger partial charge in [-0.25, -0.2) is 0 Å². The summed E-state index contributed by atoms with van der Waals surface area (Å²) in [5.74, 6) is -0.00199. The molecule has 4 heteroatoms. The summed E-state index contributed by atoms with van der Waals surface area (Å²) in [6.07, 6.45) is 2.35. The fraction of sp³-hybridized carbons (Fsp3) is 0.900. The van der Waals surface area contributed by atoms with Gasteiger partial charge in [0.2, 0.25) is 5.91 Å². The molecule has 0 spiro atoms. The highest BCUT2D eigenvalue weighted by molar-refractivity contribution is 5.77. The molecule has 1 fully saturated rings. The van der Waals surface area contributed by atoms with Crippen LogP contribution in [0.5, 0.6) is 0 Å². The van der Waals surface area contributed by atoms with Gasteiger partial charge in [0.05, 0.1) is 6.10 Å². The predicted molar refractivity (Wildman–Crippen MR) is 55.1 cm³/mol. The lowest BCUT2D eigenvalue weighted by Crippen LogP contribution is -2.50. The van der Waals surface area contributed by atoms with E-state index in [0.29, 0.717) is 0 Å². The summed E-state index contributed by atoms with van der Waals surface area (Å²) in [6.45, 7) is 6.07. The zero-order valence-electron chi connectivity index (χ0n) is 9.01. The molecule has 0 radical (unpaired) electrons. The Morgan fingerprint density at radius 1 is 1.64 bits per heavy atom. The molecule has 0 aromatic heterocycles. The van der Waals surface area contributed by atoms with Gasteiger partial charge >= 0.3 is 0 Å². The van der Waals surface area contributed by atoms with E-state index in [1.165, 1.54) is 0 Å². The Morgan fingerprint density at radius 3 is 2.86 bits per heavy atom. The van der Waals surface area contributed by atoms with Crippen LogP contribution in [0.15, 0.2) is 0 Å². The van der Waals surface area contributed by atoms with Crippen LogP contribution < -0.4 is 10.6 Å². The number of hydrogen-bond acceptors (Lipinski definition) is 3. The normalized spacial score (nSPS) is 18.7. The van der Waals surface area contributed by atoms with Crippen LogP contribution in [0.1, 0.15) is 26.7 Å². The lowest BCUT2D eigenvalue weighted by molar-refractivity contribution is -0.129. The highest BCUT2D eigenvalue weighted by Gasteiger charge is 2.18. The second-order valence-corrected chi connectivity index (χ2v) is 3.85. The van der Waals surface area contributed by atoms with Gasteiger partial charge in [-0.3, -0.25) is 4.79 Å². The van der Waals surface area contributed by atoms with Crippen LogP contribution in [0.3, 0.4) is 0 Å². The van der Waals surface area contributed by atoms with Crippen molar-refractivity contribution in [2.45, 2.75) is 38.8 Å². The SMILES string of the molecule is CCCC(C)NC(=O)COC1CNC1. The quantitative estimate of drug-likeness (QED) is 0.647. The van der Waals surface area contributed by atoms with E-state index >= 15 is 0 Å². The lowest BCUT2D eigenvalue weighted by atomic mass is 10.2. The molecular weight excluding hydrogens is 180 g/mol. The number of hydrogen-bond donors (Lipinski definition) is 2. The fourth-order valence-electron chi connectivity index (χ4n) is 1.40. The first kappa shape index (κ1) is 11.5. The minimum absolute atomic E-state index is 0.00199. The van der Waals surface area contributed by atoms with E-state index in [4.69, 9.17) is 4.74 Å². The molecule has 0 bridgehead atoms. The van der Waals surface area contributed by atoms with Crippen LogP contribution in [0, 0.1) is 0 Å². The second-order valence-electron chi connectivity index (χ2n) is 3.85. The Labute approximate surface area is 85.4 Å². The van der Waals surface area contributed by atoms with Crippen molar-refractivity contribution in [1.82, 2.24) is 10.6 Å². The highest BCUT2D eigenvalue weighted by atomic mass is 16.5. The van der Waals surface area contributed by atoms with Crippen LogP contribution in [0.2, 0.25) is 0 Å². The third-order valence-corrected chi connectivity index (χ3v) is 2.32. The summed E-state index contributed by atoms with van der Waals surface area (Å²) in [5.41, 5.74) is 0. The monoisotopic (exact) mass is 200 g/mol. The molecule has 0 aromatic rings. The summed E-state index contributed by atoms with van der Waals surface area (Å²) < 4.78 is 5.34. The molecule has 0 saturated carbocycles. The first-order valence-corrected chi connectivity index (χ1v) is 5.34. The van der Waals surface area contributed by atoms with Gasteiger partial charge in [-0.1, -0.05) is 13.3 Å². The van der Waals surface area contributed by atoms with E-state index in [0.717, 1.165) is 25.9 Å². The number of ether oxygens (including phenoxy) is 1. The molecule has 14 heavy (non-hydrogen) atoms. The lowest BCUT2D eigenvalue weighted by Gasteiger charge is -2.27. The standard InChI is InChI=1S/C10H20N2O2/c1-3-4-8(2)12-10(13)7-14-9-5-11-6-9/h8-9,11H,3-7H2,1-2H3,(H,12,13). The molecule has 1 amide bonds. The first-order valence-electron chi connectivity index (χ1n) is 5.34. The molecule has 1 aliphatic rings. The Hall–Kier alpha value is -0.610. The highest BCUT2D eigenvalue weighted by Crippen LogP contribution is 1.98. The molecular formula is C10H20N2O2. The average molecular weight is 200 g/mol. The summed E-state index contributed by atoms with van der Waals surface area (Å²) in [7, 11) is 0. The van der Waals surface area contributed by atoms with Crippen molar-refractivity contribution in [2.24, 2.45) is 0 Å². The molecule has 1 atom stereocenters. The number of carbonyl (C=O) groups excluding carboxylic acids is 1. The largest absolute Gasteiger partial charge is 0.366 e. The third-order valence-electron chi connectivity index (χ3n) is 2.32. The number of rotatable bonds is 6. The maximum Gasteiger partial charge on any atom is 0.246 e. The van der Waals surface area contributed by atoms with Gasteiger partial charge < -0.3 is 15.4 Å².